The summed E-state index contributed by atoms with van der Waals surface area (Å²) in [6, 6.07) is 6.17. The lowest BCUT2D eigenvalue weighted by Gasteiger charge is -2.04. The van der Waals surface area contributed by atoms with E-state index in [4.69, 9.17) is 9.84 Å². The molecule has 14 heavy (non-hydrogen) atoms. The van der Waals surface area contributed by atoms with Gasteiger partial charge < -0.3 is 14.9 Å². The minimum atomic E-state index is -0.573. The predicted octanol–water partition coefficient (Wildman–Crippen LogP) is 0.931. The van der Waals surface area contributed by atoms with Crippen molar-refractivity contribution in [3.8, 4) is 5.75 Å². The Kier molecular flexibility index (Phi) is 3.94. The minimum Gasteiger partial charge on any atom is -0.507 e. The van der Waals surface area contributed by atoms with E-state index in [1.54, 1.807) is 12.1 Å². The average molecular weight is 196 g/mol. The summed E-state index contributed by atoms with van der Waals surface area (Å²) in [5.41, 5.74) is 0.144. The first-order valence-corrected chi connectivity index (χ1v) is 4.31. The molecule has 0 amide bonds. The van der Waals surface area contributed by atoms with Gasteiger partial charge in [0, 0.05) is 13.0 Å². The largest absolute Gasteiger partial charge is 0.507 e. The second-order valence-electron chi connectivity index (χ2n) is 2.73. The molecular formula is C10H12O4. The van der Waals surface area contributed by atoms with Crippen molar-refractivity contribution in [2.24, 2.45) is 0 Å². The van der Waals surface area contributed by atoms with Gasteiger partial charge in [0.25, 0.3) is 0 Å². The van der Waals surface area contributed by atoms with Gasteiger partial charge in [0.2, 0.25) is 0 Å². The Labute approximate surface area is 81.8 Å². The van der Waals surface area contributed by atoms with Gasteiger partial charge >= 0.3 is 5.97 Å². The molecule has 4 heteroatoms. The van der Waals surface area contributed by atoms with Crippen molar-refractivity contribution < 1.29 is 19.7 Å². The van der Waals surface area contributed by atoms with Crippen LogP contribution in [-0.2, 0) is 4.74 Å². The quantitative estimate of drug-likeness (QED) is 0.555. The predicted molar refractivity (Wildman–Crippen MR) is 50.1 cm³/mol. The Morgan fingerprint density at radius 3 is 2.71 bits per heavy atom. The monoisotopic (exact) mass is 196 g/mol. The number of carbonyl (C=O) groups excluding carboxylic acids is 1. The van der Waals surface area contributed by atoms with E-state index in [9.17, 15) is 9.90 Å². The van der Waals surface area contributed by atoms with Crippen molar-refractivity contribution in [2.45, 2.75) is 6.42 Å². The maximum absolute atomic E-state index is 11.3. The van der Waals surface area contributed by atoms with Crippen LogP contribution in [0, 0.1) is 0 Å². The summed E-state index contributed by atoms with van der Waals surface area (Å²) < 4.78 is 4.79. The second-order valence-corrected chi connectivity index (χ2v) is 2.73. The maximum Gasteiger partial charge on any atom is 0.341 e. The number of hydrogen-bond acceptors (Lipinski definition) is 4. The van der Waals surface area contributed by atoms with Crippen LogP contribution >= 0.6 is 0 Å². The van der Waals surface area contributed by atoms with Crippen molar-refractivity contribution in [1.82, 2.24) is 0 Å². The average Bonchev–Trinajstić information content (AvgIpc) is 2.18. The molecule has 0 unspecified atom stereocenters. The van der Waals surface area contributed by atoms with Gasteiger partial charge in [-0.1, -0.05) is 12.1 Å². The lowest BCUT2D eigenvalue weighted by Crippen LogP contribution is -2.07. The van der Waals surface area contributed by atoms with Crippen LogP contribution in [0.1, 0.15) is 16.8 Å². The van der Waals surface area contributed by atoms with Gasteiger partial charge in [-0.2, -0.15) is 0 Å². The van der Waals surface area contributed by atoms with Gasteiger partial charge in [0.05, 0.1) is 6.61 Å². The topological polar surface area (TPSA) is 66.8 Å². The van der Waals surface area contributed by atoms with E-state index >= 15 is 0 Å². The maximum atomic E-state index is 11.3. The SMILES string of the molecule is O=C(OCCCO)c1ccccc1O. The number of carbonyl (C=O) groups is 1. The number of phenolic OH excluding ortho intramolecular Hbond substituents is 1. The highest BCUT2D eigenvalue weighted by Gasteiger charge is 2.10. The Morgan fingerprint density at radius 2 is 2.07 bits per heavy atom. The van der Waals surface area contributed by atoms with E-state index in [1.165, 1.54) is 12.1 Å². The summed E-state index contributed by atoms with van der Waals surface area (Å²) in [6.07, 6.45) is 0.402. The van der Waals surface area contributed by atoms with Crippen LogP contribution in [0.2, 0.25) is 0 Å². The first kappa shape index (κ1) is 10.5. The van der Waals surface area contributed by atoms with Crippen LogP contribution in [0.3, 0.4) is 0 Å². The molecule has 0 aromatic heterocycles. The van der Waals surface area contributed by atoms with E-state index in [1.807, 2.05) is 0 Å². The van der Waals surface area contributed by atoms with E-state index in [0.29, 0.717) is 6.42 Å². The minimum absolute atomic E-state index is 0.0198. The Morgan fingerprint density at radius 1 is 1.36 bits per heavy atom. The third-order valence-electron chi connectivity index (χ3n) is 1.66. The number of aromatic hydroxyl groups is 1. The van der Waals surface area contributed by atoms with Gasteiger partial charge in [0.1, 0.15) is 11.3 Å². The third-order valence-corrected chi connectivity index (χ3v) is 1.66. The number of hydrogen-bond donors (Lipinski definition) is 2. The normalized spacial score (nSPS) is 9.79. The molecule has 1 aromatic rings. The molecule has 0 bridgehead atoms. The second kappa shape index (κ2) is 5.24. The summed E-state index contributed by atoms with van der Waals surface area (Å²) >= 11 is 0. The van der Waals surface area contributed by atoms with Crippen LogP contribution < -0.4 is 0 Å². The van der Waals surface area contributed by atoms with Gasteiger partial charge in [0.15, 0.2) is 0 Å². The lowest BCUT2D eigenvalue weighted by molar-refractivity contribution is 0.0479. The van der Waals surface area contributed by atoms with Crippen LogP contribution in [0.25, 0.3) is 0 Å². The van der Waals surface area contributed by atoms with Crippen LogP contribution in [0.5, 0.6) is 5.75 Å². The molecule has 2 N–H and O–H groups in total. The highest BCUT2D eigenvalue weighted by molar-refractivity contribution is 5.92. The molecule has 0 saturated carbocycles. The highest BCUT2D eigenvalue weighted by Crippen LogP contribution is 2.16. The molecule has 0 heterocycles. The number of benzene rings is 1. The zero-order chi connectivity index (χ0) is 10.4. The van der Waals surface area contributed by atoms with Crippen molar-refractivity contribution >= 4 is 5.97 Å². The number of aliphatic hydroxyl groups excluding tert-OH is 1. The molecule has 1 rings (SSSR count). The van der Waals surface area contributed by atoms with E-state index in [-0.39, 0.29) is 24.5 Å². The molecule has 0 aliphatic carbocycles. The molecule has 0 aliphatic heterocycles. The number of ether oxygens (including phenoxy) is 1. The first-order valence-electron chi connectivity index (χ1n) is 4.31. The van der Waals surface area contributed by atoms with Crippen molar-refractivity contribution in [3.05, 3.63) is 29.8 Å². The van der Waals surface area contributed by atoms with Gasteiger partial charge in [-0.25, -0.2) is 4.79 Å². The number of esters is 1. The fourth-order valence-corrected chi connectivity index (χ4v) is 0.953. The molecule has 0 saturated heterocycles. The molecule has 4 nitrogen and oxygen atoms in total. The highest BCUT2D eigenvalue weighted by atomic mass is 16.5. The standard InChI is InChI=1S/C10H12O4/c11-6-3-7-14-10(13)8-4-1-2-5-9(8)12/h1-2,4-5,11-12H,3,6-7H2. The molecule has 0 spiro atoms. The molecule has 0 fully saturated rings. The number of aliphatic hydroxyl groups is 1. The molecule has 0 aliphatic rings. The van der Waals surface area contributed by atoms with E-state index in [0.717, 1.165) is 0 Å². The molecule has 76 valence electrons. The molecular weight excluding hydrogens is 184 g/mol. The summed E-state index contributed by atoms with van der Waals surface area (Å²) in [4.78, 5) is 11.3. The molecule has 0 atom stereocenters. The fourth-order valence-electron chi connectivity index (χ4n) is 0.953. The van der Waals surface area contributed by atoms with Crippen molar-refractivity contribution in [3.63, 3.8) is 0 Å². The first-order chi connectivity index (χ1) is 6.75. The Bertz CT molecular complexity index is 309. The third kappa shape index (κ3) is 2.74. The summed E-state index contributed by atoms with van der Waals surface area (Å²) in [6.45, 7) is 0.137. The van der Waals surface area contributed by atoms with Crippen LogP contribution in [-0.4, -0.2) is 29.4 Å². The zero-order valence-corrected chi connectivity index (χ0v) is 7.64. The zero-order valence-electron chi connectivity index (χ0n) is 7.64. The van der Waals surface area contributed by atoms with Crippen LogP contribution in [0.15, 0.2) is 24.3 Å². The van der Waals surface area contributed by atoms with E-state index < -0.39 is 5.97 Å². The summed E-state index contributed by atoms with van der Waals surface area (Å²) in [5, 5.41) is 17.8. The Balaban J connectivity index is 2.56. The van der Waals surface area contributed by atoms with Crippen molar-refractivity contribution in [2.75, 3.05) is 13.2 Å². The van der Waals surface area contributed by atoms with Gasteiger partial charge in [-0.15, -0.1) is 0 Å². The van der Waals surface area contributed by atoms with Gasteiger partial charge in [-0.05, 0) is 12.1 Å². The van der Waals surface area contributed by atoms with Crippen molar-refractivity contribution in [1.29, 1.82) is 0 Å². The Hall–Kier alpha value is -1.55. The fraction of sp³-hybridized carbons (Fsp3) is 0.300. The van der Waals surface area contributed by atoms with Gasteiger partial charge in [-0.3, -0.25) is 0 Å². The lowest BCUT2D eigenvalue weighted by atomic mass is 10.2. The number of para-hydroxylation sites is 1. The van der Waals surface area contributed by atoms with Crippen LogP contribution in [0.4, 0.5) is 0 Å². The number of phenols is 1. The summed E-state index contributed by atoms with van der Waals surface area (Å²) in [5.74, 6) is -0.668. The van der Waals surface area contributed by atoms with E-state index in [2.05, 4.69) is 0 Å². The molecule has 1 aromatic carbocycles. The summed E-state index contributed by atoms with van der Waals surface area (Å²) in [7, 11) is 0. The molecule has 0 radical (unpaired) electrons. The smallest absolute Gasteiger partial charge is 0.341 e. The number of rotatable bonds is 4.